The van der Waals surface area contributed by atoms with Gasteiger partial charge in [0.1, 0.15) is 6.54 Å². The Labute approximate surface area is 175 Å². The van der Waals surface area contributed by atoms with Gasteiger partial charge in [-0.1, -0.05) is 59.5 Å². The second kappa shape index (κ2) is 9.99. The van der Waals surface area contributed by atoms with Crippen molar-refractivity contribution in [3.05, 3.63) is 48.0 Å². The number of nitrogens with one attached hydrogen (secondary N) is 2. The molecular weight excluding hydrogens is 412 g/mol. The molecule has 0 aliphatic rings. The average Bonchev–Trinajstić information content (AvgIpc) is 3.17. The van der Waals surface area contributed by atoms with E-state index in [0.717, 1.165) is 10.8 Å². The number of aromatic nitrogens is 2. The lowest BCUT2D eigenvalue weighted by atomic mass is 10.0. The van der Waals surface area contributed by atoms with Gasteiger partial charge in [0.05, 0.1) is 12.4 Å². The number of fused-ring (bicyclic) bond motifs is 1. The number of esters is 1. The van der Waals surface area contributed by atoms with E-state index in [1.165, 1.54) is 23.1 Å². The molecule has 10 heteroatoms. The van der Waals surface area contributed by atoms with Crippen LogP contribution in [-0.2, 0) is 14.3 Å². The Bertz CT molecular complexity index is 1030. The van der Waals surface area contributed by atoms with Gasteiger partial charge in [0.25, 0.3) is 5.91 Å². The highest BCUT2D eigenvalue weighted by Gasteiger charge is 2.14. The van der Waals surface area contributed by atoms with Crippen molar-refractivity contribution in [2.24, 2.45) is 0 Å². The fourth-order valence-corrected chi connectivity index (χ4v) is 4.04. The quantitative estimate of drug-likeness (QED) is 0.321. The van der Waals surface area contributed by atoms with E-state index in [0.29, 0.717) is 15.0 Å². The Kier molecular flexibility index (Phi) is 7.14. The first-order chi connectivity index (χ1) is 14.1. The Balaban J connectivity index is 1.54. The summed E-state index contributed by atoms with van der Waals surface area (Å²) in [5.41, 5.74) is 0.547. The highest BCUT2D eigenvalue weighted by Crippen LogP contribution is 2.26. The number of ether oxygens (including phenoxy) is 1. The summed E-state index contributed by atoms with van der Waals surface area (Å²) in [4.78, 5) is 35.6. The molecule has 0 aliphatic heterocycles. The molecule has 0 radical (unpaired) electrons. The van der Waals surface area contributed by atoms with Gasteiger partial charge in [-0.3, -0.25) is 19.7 Å². The molecule has 2 aromatic carbocycles. The third-order valence-electron chi connectivity index (χ3n) is 3.72. The van der Waals surface area contributed by atoms with Gasteiger partial charge in [-0.25, -0.2) is 0 Å². The maximum atomic E-state index is 12.6. The van der Waals surface area contributed by atoms with Crippen LogP contribution < -0.4 is 10.6 Å². The Morgan fingerprint density at radius 2 is 1.90 bits per heavy atom. The third-order valence-corrected chi connectivity index (χ3v) is 5.70. The lowest BCUT2D eigenvalue weighted by Gasteiger charge is -2.05. The molecule has 3 aromatic rings. The van der Waals surface area contributed by atoms with Crippen LogP contribution in [0.15, 0.2) is 46.8 Å². The van der Waals surface area contributed by atoms with E-state index in [1.54, 1.807) is 13.0 Å². The normalized spacial score (nSPS) is 10.5. The molecule has 0 saturated heterocycles. The van der Waals surface area contributed by atoms with Gasteiger partial charge in [-0.15, -0.1) is 10.2 Å². The third kappa shape index (κ3) is 5.75. The van der Waals surface area contributed by atoms with Crippen molar-refractivity contribution < 1.29 is 19.1 Å². The number of carbonyl (C=O) groups is 3. The Morgan fingerprint density at radius 3 is 2.72 bits per heavy atom. The van der Waals surface area contributed by atoms with E-state index in [2.05, 4.69) is 20.8 Å². The fraction of sp³-hybridized carbons (Fsp3) is 0.211. The zero-order chi connectivity index (χ0) is 20.6. The highest BCUT2D eigenvalue weighted by atomic mass is 32.2. The molecule has 0 aliphatic carbocycles. The zero-order valence-corrected chi connectivity index (χ0v) is 17.1. The number of thioether (sulfide) groups is 1. The van der Waals surface area contributed by atoms with Gasteiger partial charge >= 0.3 is 5.97 Å². The van der Waals surface area contributed by atoms with Crippen molar-refractivity contribution in [3.8, 4) is 0 Å². The maximum absolute atomic E-state index is 12.6. The average molecular weight is 431 g/mol. The number of rotatable bonds is 8. The highest BCUT2D eigenvalue weighted by molar-refractivity contribution is 8.01. The van der Waals surface area contributed by atoms with Crippen molar-refractivity contribution in [1.29, 1.82) is 0 Å². The molecule has 0 unspecified atom stereocenters. The van der Waals surface area contributed by atoms with Gasteiger partial charge in [0, 0.05) is 5.56 Å². The summed E-state index contributed by atoms with van der Waals surface area (Å²) in [5, 5.41) is 15.3. The van der Waals surface area contributed by atoms with Crippen LogP contribution in [0, 0.1) is 0 Å². The van der Waals surface area contributed by atoms with Crippen LogP contribution in [0.1, 0.15) is 17.3 Å². The van der Waals surface area contributed by atoms with Gasteiger partial charge in [0.15, 0.2) is 4.34 Å². The minimum absolute atomic E-state index is 0.0747. The van der Waals surface area contributed by atoms with Crippen molar-refractivity contribution in [3.63, 3.8) is 0 Å². The number of carbonyl (C=O) groups excluding carboxylic acids is 3. The number of hydrogen-bond acceptors (Lipinski definition) is 8. The van der Waals surface area contributed by atoms with Crippen molar-refractivity contribution >= 4 is 56.8 Å². The summed E-state index contributed by atoms with van der Waals surface area (Å²) in [5.74, 6) is -1.01. The van der Waals surface area contributed by atoms with Crippen LogP contribution in [-0.4, -0.2) is 46.9 Å². The van der Waals surface area contributed by atoms with E-state index in [-0.39, 0.29) is 30.7 Å². The lowest BCUT2D eigenvalue weighted by Crippen LogP contribution is -2.31. The Hall–Kier alpha value is -2.98. The van der Waals surface area contributed by atoms with Gasteiger partial charge in [-0.2, -0.15) is 0 Å². The molecule has 0 saturated carbocycles. The molecule has 0 bridgehead atoms. The summed E-state index contributed by atoms with van der Waals surface area (Å²) < 4.78 is 5.27. The topological polar surface area (TPSA) is 110 Å². The van der Waals surface area contributed by atoms with E-state index in [4.69, 9.17) is 4.74 Å². The molecule has 2 N–H and O–H groups in total. The molecule has 3 rings (SSSR count). The standard InChI is InChI=1S/C19H18N4O4S2/c1-2-27-16(25)10-20-15(24)11-28-19-23-22-18(29-19)21-17(26)14-9-5-7-12-6-3-4-8-13(12)14/h3-9H,2,10-11H2,1H3,(H,20,24)(H,21,22,26). The maximum Gasteiger partial charge on any atom is 0.325 e. The predicted octanol–water partition coefficient (Wildman–Crippen LogP) is 2.72. The molecule has 1 heterocycles. The second-order valence-electron chi connectivity index (χ2n) is 5.72. The van der Waals surface area contributed by atoms with Crippen LogP contribution >= 0.6 is 23.1 Å². The van der Waals surface area contributed by atoms with Gasteiger partial charge in [0.2, 0.25) is 11.0 Å². The summed E-state index contributed by atoms with van der Waals surface area (Å²) in [6.07, 6.45) is 0. The molecule has 1 aromatic heterocycles. The van der Waals surface area contributed by atoms with E-state index in [1.807, 2.05) is 36.4 Å². The number of anilines is 1. The first kappa shape index (κ1) is 20.7. The summed E-state index contributed by atoms with van der Waals surface area (Å²) in [6.45, 7) is 1.79. The van der Waals surface area contributed by atoms with Crippen LogP contribution in [0.2, 0.25) is 0 Å². The smallest absolute Gasteiger partial charge is 0.325 e. The predicted molar refractivity (Wildman–Crippen MR) is 112 cm³/mol. The number of amides is 2. The minimum Gasteiger partial charge on any atom is -0.465 e. The van der Waals surface area contributed by atoms with Crippen LogP contribution in [0.4, 0.5) is 5.13 Å². The van der Waals surface area contributed by atoms with Crippen LogP contribution in [0.3, 0.4) is 0 Å². The van der Waals surface area contributed by atoms with Crippen LogP contribution in [0.25, 0.3) is 10.8 Å². The molecule has 150 valence electrons. The minimum atomic E-state index is -0.486. The van der Waals surface area contributed by atoms with Crippen molar-refractivity contribution in [1.82, 2.24) is 15.5 Å². The number of benzene rings is 2. The molecule has 29 heavy (non-hydrogen) atoms. The largest absolute Gasteiger partial charge is 0.465 e. The van der Waals surface area contributed by atoms with Crippen molar-refractivity contribution in [2.75, 3.05) is 24.2 Å². The second-order valence-corrected chi connectivity index (χ2v) is 7.92. The first-order valence-electron chi connectivity index (χ1n) is 8.74. The van der Waals surface area contributed by atoms with Crippen molar-refractivity contribution in [2.45, 2.75) is 11.3 Å². The Morgan fingerprint density at radius 1 is 1.10 bits per heavy atom. The molecule has 8 nitrogen and oxygen atoms in total. The molecule has 0 fully saturated rings. The van der Waals surface area contributed by atoms with Crippen LogP contribution in [0.5, 0.6) is 0 Å². The summed E-state index contributed by atoms with van der Waals surface area (Å²) in [6, 6.07) is 13.2. The van der Waals surface area contributed by atoms with Gasteiger partial charge in [-0.05, 0) is 23.8 Å². The monoisotopic (exact) mass is 430 g/mol. The molecule has 0 spiro atoms. The molecule has 2 amide bonds. The van der Waals surface area contributed by atoms with E-state index < -0.39 is 5.97 Å². The lowest BCUT2D eigenvalue weighted by molar-refractivity contribution is -0.143. The van der Waals surface area contributed by atoms with E-state index in [9.17, 15) is 14.4 Å². The molecular formula is C19H18N4O4S2. The fourth-order valence-electron chi connectivity index (χ4n) is 2.47. The summed E-state index contributed by atoms with van der Waals surface area (Å²) >= 11 is 2.34. The molecule has 0 atom stereocenters. The first-order valence-corrected chi connectivity index (χ1v) is 10.5. The van der Waals surface area contributed by atoms with E-state index >= 15 is 0 Å². The summed E-state index contributed by atoms with van der Waals surface area (Å²) in [7, 11) is 0. The SMILES string of the molecule is CCOC(=O)CNC(=O)CSc1nnc(NC(=O)c2cccc3ccccc23)s1. The zero-order valence-electron chi connectivity index (χ0n) is 15.5. The number of hydrogen-bond donors (Lipinski definition) is 2. The van der Waals surface area contributed by atoms with Gasteiger partial charge < -0.3 is 10.1 Å². The number of nitrogens with zero attached hydrogens (tertiary/aromatic N) is 2.